The van der Waals surface area contributed by atoms with Gasteiger partial charge in [-0.1, -0.05) is 0 Å². The highest BCUT2D eigenvalue weighted by molar-refractivity contribution is 5.76. The summed E-state index contributed by atoms with van der Waals surface area (Å²) in [6, 6.07) is 5.27. The summed E-state index contributed by atoms with van der Waals surface area (Å²) in [5, 5.41) is 19.7. The van der Waals surface area contributed by atoms with Crippen molar-refractivity contribution in [1.82, 2.24) is 9.88 Å². The summed E-state index contributed by atoms with van der Waals surface area (Å²) < 4.78 is 101. The first-order valence-corrected chi connectivity index (χ1v) is 13.8. The number of hydrogen-bond acceptors (Lipinski definition) is 6. The Bertz CT molecular complexity index is 1610. The number of aryl methyl sites for hydroxylation is 1. The molecule has 2 aliphatic rings. The molecule has 0 spiro atoms. The number of carboxylic acid groups (broad SMARTS) is 1. The Kier molecular flexibility index (Phi) is 8.31. The monoisotopic (exact) mass is 641 g/mol. The molecule has 5 rings (SSSR count). The molecule has 2 saturated heterocycles. The third-order valence-electron chi connectivity index (χ3n) is 7.85. The van der Waals surface area contributed by atoms with Crippen molar-refractivity contribution in [3.63, 3.8) is 0 Å². The molecule has 45 heavy (non-hydrogen) atoms. The quantitative estimate of drug-likeness (QED) is 0.257. The van der Waals surface area contributed by atoms with Crippen LogP contribution in [0.2, 0.25) is 0 Å². The van der Waals surface area contributed by atoms with E-state index in [1.54, 1.807) is 12.1 Å². The lowest BCUT2D eigenvalue weighted by Crippen LogP contribution is -2.38. The van der Waals surface area contributed by atoms with Crippen LogP contribution in [0, 0.1) is 5.82 Å². The summed E-state index contributed by atoms with van der Waals surface area (Å²) in [5.41, 5.74) is -3.09. The zero-order valence-corrected chi connectivity index (χ0v) is 23.5. The minimum absolute atomic E-state index is 0.00185. The van der Waals surface area contributed by atoms with Crippen LogP contribution >= 0.6 is 0 Å². The average Bonchev–Trinajstić information content (AvgIpc) is 3.19. The van der Waals surface area contributed by atoms with E-state index in [0.29, 0.717) is 31.0 Å². The van der Waals surface area contributed by atoms with Gasteiger partial charge in [-0.2, -0.15) is 26.3 Å². The molecule has 2 N–H and O–H groups in total. The molecule has 2 atom stereocenters. The van der Waals surface area contributed by atoms with Gasteiger partial charge in [-0.3, -0.25) is 9.69 Å². The highest BCUT2D eigenvalue weighted by atomic mass is 19.4. The first kappa shape index (κ1) is 31.9. The van der Waals surface area contributed by atoms with Crippen LogP contribution in [-0.2, 0) is 34.8 Å². The molecule has 3 aromatic rings. The number of alkyl halides is 6. The number of cyclic esters (lactones) is 1. The predicted molar refractivity (Wildman–Crippen MR) is 145 cm³/mol. The number of aliphatic carboxylic acids is 1. The van der Waals surface area contributed by atoms with Gasteiger partial charge in [0, 0.05) is 36.7 Å². The van der Waals surface area contributed by atoms with Crippen molar-refractivity contribution < 1.29 is 55.3 Å². The Labute approximate surface area is 251 Å². The van der Waals surface area contributed by atoms with Crippen LogP contribution in [0.4, 0.5) is 41.3 Å². The smallest absolute Gasteiger partial charge is 0.416 e. The van der Waals surface area contributed by atoms with E-state index in [-0.39, 0.29) is 47.8 Å². The van der Waals surface area contributed by atoms with Gasteiger partial charge < -0.3 is 19.8 Å². The summed E-state index contributed by atoms with van der Waals surface area (Å²) in [5.74, 6) is -1.98. The van der Waals surface area contributed by atoms with Gasteiger partial charge in [0.05, 0.1) is 29.4 Å². The van der Waals surface area contributed by atoms with Gasteiger partial charge in [0.15, 0.2) is 0 Å². The van der Waals surface area contributed by atoms with Crippen molar-refractivity contribution in [2.45, 2.75) is 57.2 Å². The van der Waals surface area contributed by atoms with E-state index in [1.807, 2.05) is 4.90 Å². The molecular weight excluding hydrogens is 615 g/mol. The number of carbonyl (C=O) groups is 2. The molecule has 3 heterocycles. The molecule has 0 saturated carbocycles. The van der Waals surface area contributed by atoms with Gasteiger partial charge in [-0.05, 0) is 67.3 Å². The fourth-order valence-corrected chi connectivity index (χ4v) is 5.30. The van der Waals surface area contributed by atoms with E-state index in [2.05, 4.69) is 4.98 Å². The maximum Gasteiger partial charge on any atom is 0.416 e. The molecular formula is C30H26F7N3O5. The number of hydrogen-bond donors (Lipinski definition) is 2. The van der Waals surface area contributed by atoms with Gasteiger partial charge in [-0.25, -0.2) is 14.2 Å². The number of ether oxygens (including phenoxy) is 1. The maximum absolute atomic E-state index is 14.6. The number of phenolic OH excluding ortho intramolecular Hbond substituents is 1. The summed E-state index contributed by atoms with van der Waals surface area (Å²) in [6.07, 6.45) is -12.4. The van der Waals surface area contributed by atoms with E-state index in [0.717, 1.165) is 17.4 Å². The second-order valence-electron chi connectivity index (χ2n) is 10.9. The lowest BCUT2D eigenvalue weighted by molar-refractivity contribution is -0.143. The number of benzene rings is 2. The zero-order chi connectivity index (χ0) is 32.8. The van der Waals surface area contributed by atoms with Gasteiger partial charge >= 0.3 is 24.4 Å². The number of anilines is 1. The molecule has 1 amide bonds. The number of amides is 1. The highest BCUT2D eigenvalue weighted by Gasteiger charge is 2.43. The third-order valence-corrected chi connectivity index (χ3v) is 7.85. The van der Waals surface area contributed by atoms with E-state index >= 15 is 0 Å². The van der Waals surface area contributed by atoms with Crippen LogP contribution in [0.15, 0.2) is 42.5 Å². The predicted octanol–water partition coefficient (Wildman–Crippen LogP) is 6.94. The third kappa shape index (κ3) is 6.61. The molecule has 1 aromatic heterocycles. The van der Waals surface area contributed by atoms with E-state index in [9.17, 15) is 45.4 Å². The number of aromatic nitrogens is 1. The fourth-order valence-electron chi connectivity index (χ4n) is 5.30. The molecule has 2 fully saturated rings. The van der Waals surface area contributed by atoms with Crippen LogP contribution in [0.25, 0.3) is 11.1 Å². The Morgan fingerprint density at radius 3 is 2.20 bits per heavy atom. The average molecular weight is 642 g/mol. The molecule has 0 unspecified atom stereocenters. The summed E-state index contributed by atoms with van der Waals surface area (Å²) >= 11 is 0. The first-order chi connectivity index (χ1) is 21.0. The molecule has 2 aliphatic heterocycles. The summed E-state index contributed by atoms with van der Waals surface area (Å²) in [6.45, 7) is 2.45. The molecule has 15 heteroatoms. The second kappa shape index (κ2) is 11.7. The topological polar surface area (TPSA) is 103 Å². The highest BCUT2D eigenvalue weighted by Crippen LogP contribution is 2.42. The van der Waals surface area contributed by atoms with Crippen LogP contribution < -0.4 is 4.90 Å². The van der Waals surface area contributed by atoms with Gasteiger partial charge in [0.1, 0.15) is 23.5 Å². The SMILES string of the molecule is C[C@H]1[C@@H](c2cc(C(F)(F)F)cc(C(F)(F)F)c2)OC(=O)N1Cc1nc(N2CCC2)ccc1-c1cc(CCC(=O)O)c(F)cc1O. The van der Waals surface area contributed by atoms with Crippen LogP contribution in [-0.4, -0.2) is 51.3 Å². The summed E-state index contributed by atoms with van der Waals surface area (Å²) in [7, 11) is 0. The normalized spacial score (nSPS) is 18.6. The standard InChI is InChI=1S/C30H26F7N3O5/c1-15-27(17-9-18(29(32,33)34)12-19(10-17)30(35,36)37)45-28(44)40(15)14-23-20(4-5-25(38-23)39-7-2-8-39)21-11-16(3-6-26(42)43)22(31)13-24(21)41/h4-5,9-13,15,27,41H,2-3,6-8,14H2,1H3,(H,42,43)/t15-,27-/m0/s1. The minimum atomic E-state index is -5.10. The molecule has 0 radical (unpaired) electrons. The van der Waals surface area contributed by atoms with Gasteiger partial charge in [0.2, 0.25) is 0 Å². The second-order valence-corrected chi connectivity index (χ2v) is 10.9. The van der Waals surface area contributed by atoms with Crippen molar-refractivity contribution in [1.29, 1.82) is 0 Å². The van der Waals surface area contributed by atoms with Crippen molar-refractivity contribution in [2.75, 3.05) is 18.0 Å². The molecule has 240 valence electrons. The summed E-state index contributed by atoms with van der Waals surface area (Å²) in [4.78, 5) is 31.8. The molecule has 8 nitrogen and oxygen atoms in total. The van der Waals surface area contributed by atoms with Crippen LogP contribution in [0.3, 0.4) is 0 Å². The molecule has 0 bridgehead atoms. The minimum Gasteiger partial charge on any atom is -0.507 e. The number of rotatable bonds is 8. The van der Waals surface area contributed by atoms with E-state index < -0.39 is 64.8 Å². The largest absolute Gasteiger partial charge is 0.507 e. The number of phenols is 1. The van der Waals surface area contributed by atoms with Crippen molar-refractivity contribution in [2.24, 2.45) is 0 Å². The zero-order valence-electron chi connectivity index (χ0n) is 23.5. The number of aromatic hydroxyl groups is 1. The van der Waals surface area contributed by atoms with Crippen molar-refractivity contribution in [3.05, 3.63) is 76.2 Å². The van der Waals surface area contributed by atoms with Crippen LogP contribution in [0.1, 0.15) is 53.8 Å². The fraction of sp³-hybridized carbons (Fsp3) is 0.367. The van der Waals surface area contributed by atoms with E-state index in [4.69, 9.17) is 9.84 Å². The lowest BCUT2D eigenvalue weighted by atomic mass is 9.96. The number of halogens is 7. The van der Waals surface area contributed by atoms with Gasteiger partial charge in [-0.15, -0.1) is 0 Å². The number of carbonyl (C=O) groups excluding carboxylic acids is 1. The Hall–Kier alpha value is -4.56. The van der Waals surface area contributed by atoms with Crippen molar-refractivity contribution in [3.8, 4) is 16.9 Å². The maximum atomic E-state index is 14.6. The Morgan fingerprint density at radius 1 is 1.00 bits per heavy atom. The number of pyridine rings is 1. The number of nitrogens with zero attached hydrogens (tertiary/aromatic N) is 3. The molecule has 2 aromatic carbocycles. The lowest BCUT2D eigenvalue weighted by Gasteiger charge is -2.33. The number of carboxylic acids is 1. The first-order valence-electron chi connectivity index (χ1n) is 13.8. The molecule has 0 aliphatic carbocycles. The Morgan fingerprint density at radius 2 is 1.64 bits per heavy atom. The Balaban J connectivity index is 1.53. The van der Waals surface area contributed by atoms with Crippen LogP contribution in [0.5, 0.6) is 5.75 Å². The van der Waals surface area contributed by atoms with Crippen molar-refractivity contribution >= 4 is 17.9 Å². The van der Waals surface area contributed by atoms with Gasteiger partial charge in [0.25, 0.3) is 0 Å². The van der Waals surface area contributed by atoms with E-state index in [1.165, 1.54) is 13.0 Å².